The van der Waals surface area contributed by atoms with Crippen molar-refractivity contribution in [1.82, 2.24) is 4.57 Å². The lowest BCUT2D eigenvalue weighted by molar-refractivity contribution is -0.108. The molecular formula is C14H10ClNO. The van der Waals surface area contributed by atoms with E-state index in [4.69, 9.17) is 11.6 Å². The molecule has 0 unspecified atom stereocenters. The van der Waals surface area contributed by atoms with Gasteiger partial charge in [0.2, 0.25) is 0 Å². The van der Waals surface area contributed by atoms with Crippen LogP contribution in [0.1, 0.15) is 0 Å². The molecule has 0 fully saturated rings. The molecule has 0 aliphatic heterocycles. The first-order valence-corrected chi connectivity index (χ1v) is 5.79. The van der Waals surface area contributed by atoms with E-state index in [1.807, 2.05) is 41.0 Å². The first kappa shape index (κ1) is 10.4. The van der Waals surface area contributed by atoms with Crippen LogP contribution < -0.4 is 0 Å². The average molecular weight is 244 g/mol. The van der Waals surface area contributed by atoms with Crippen molar-refractivity contribution < 1.29 is 4.79 Å². The molecule has 1 heterocycles. The molecule has 3 heteroatoms. The molecule has 84 valence electrons. The van der Waals surface area contributed by atoms with Crippen LogP contribution in [0.15, 0.2) is 42.5 Å². The number of aldehydes is 1. The Kier molecular flexibility index (Phi) is 2.37. The van der Waals surface area contributed by atoms with Gasteiger partial charge in [-0.1, -0.05) is 29.8 Å². The predicted molar refractivity (Wildman–Crippen MR) is 70.5 cm³/mol. The zero-order valence-corrected chi connectivity index (χ0v) is 9.82. The van der Waals surface area contributed by atoms with E-state index < -0.39 is 0 Å². The summed E-state index contributed by atoms with van der Waals surface area (Å²) in [5, 5.41) is 2.94. The van der Waals surface area contributed by atoms with E-state index in [0.717, 1.165) is 28.1 Å². The number of carbonyl (C=O) groups excluding carboxylic acids is 1. The fraction of sp³-hybridized carbons (Fsp3) is 0.0714. The molecule has 3 aromatic rings. The average Bonchev–Trinajstić information content (AvgIpc) is 2.65. The monoisotopic (exact) mass is 243 g/mol. The summed E-state index contributed by atoms with van der Waals surface area (Å²) < 4.78 is 2.01. The number of hydrogen-bond donors (Lipinski definition) is 0. The van der Waals surface area contributed by atoms with E-state index >= 15 is 0 Å². The van der Waals surface area contributed by atoms with Crippen LogP contribution in [-0.4, -0.2) is 10.9 Å². The molecule has 0 saturated carbocycles. The van der Waals surface area contributed by atoms with Gasteiger partial charge in [0.1, 0.15) is 6.29 Å². The number of carbonyl (C=O) groups is 1. The molecule has 17 heavy (non-hydrogen) atoms. The first-order chi connectivity index (χ1) is 8.31. The van der Waals surface area contributed by atoms with Crippen LogP contribution in [0.5, 0.6) is 0 Å². The molecule has 0 atom stereocenters. The molecule has 3 rings (SSSR count). The number of rotatable bonds is 2. The number of fused-ring (bicyclic) bond motifs is 3. The SMILES string of the molecule is O=CCn1c2ccccc2c2cc(Cl)ccc21. The van der Waals surface area contributed by atoms with Crippen LogP contribution in [0.25, 0.3) is 21.8 Å². The third kappa shape index (κ3) is 1.53. The van der Waals surface area contributed by atoms with Gasteiger partial charge in [0.15, 0.2) is 0 Å². The largest absolute Gasteiger partial charge is 0.333 e. The molecule has 0 N–H and O–H groups in total. The maximum absolute atomic E-state index is 10.8. The maximum Gasteiger partial charge on any atom is 0.139 e. The van der Waals surface area contributed by atoms with Gasteiger partial charge in [-0.3, -0.25) is 0 Å². The molecule has 2 aromatic carbocycles. The molecule has 0 spiro atoms. The number of benzene rings is 2. The van der Waals surface area contributed by atoms with E-state index in [9.17, 15) is 4.79 Å². The molecule has 0 aliphatic rings. The van der Waals surface area contributed by atoms with E-state index in [-0.39, 0.29) is 0 Å². The summed E-state index contributed by atoms with van der Waals surface area (Å²) in [5.74, 6) is 0. The van der Waals surface area contributed by atoms with E-state index in [0.29, 0.717) is 11.6 Å². The minimum atomic E-state index is 0.367. The van der Waals surface area contributed by atoms with Crippen LogP contribution in [-0.2, 0) is 11.3 Å². The molecule has 0 bridgehead atoms. The second kappa shape index (κ2) is 3.90. The summed E-state index contributed by atoms with van der Waals surface area (Å²) in [6, 6.07) is 13.8. The van der Waals surface area contributed by atoms with E-state index in [1.165, 1.54) is 0 Å². The molecule has 1 aromatic heterocycles. The summed E-state index contributed by atoms with van der Waals surface area (Å²) in [7, 11) is 0. The van der Waals surface area contributed by atoms with Gasteiger partial charge < -0.3 is 9.36 Å². The van der Waals surface area contributed by atoms with Crippen LogP contribution in [0, 0.1) is 0 Å². The molecule has 0 amide bonds. The number of nitrogens with zero attached hydrogens (tertiary/aromatic N) is 1. The summed E-state index contributed by atoms with van der Waals surface area (Å²) in [5.41, 5.74) is 2.11. The Morgan fingerprint density at radius 2 is 1.82 bits per heavy atom. The molecule has 2 nitrogen and oxygen atoms in total. The highest BCUT2D eigenvalue weighted by Gasteiger charge is 2.09. The normalized spacial score (nSPS) is 11.1. The Hall–Kier alpha value is -1.80. The van der Waals surface area contributed by atoms with Crippen molar-refractivity contribution in [3.8, 4) is 0 Å². The van der Waals surface area contributed by atoms with Gasteiger partial charge in [-0.25, -0.2) is 0 Å². The smallest absolute Gasteiger partial charge is 0.139 e. The number of para-hydroxylation sites is 1. The Morgan fingerprint density at radius 3 is 2.65 bits per heavy atom. The lowest BCUT2D eigenvalue weighted by Crippen LogP contribution is -1.97. The summed E-state index contributed by atoms with van der Waals surface area (Å²) in [4.78, 5) is 10.8. The van der Waals surface area contributed by atoms with Crippen LogP contribution in [0.4, 0.5) is 0 Å². The van der Waals surface area contributed by atoms with Crippen LogP contribution in [0.2, 0.25) is 5.02 Å². The fourth-order valence-corrected chi connectivity index (χ4v) is 2.47. The van der Waals surface area contributed by atoms with Gasteiger partial charge in [0, 0.05) is 26.8 Å². The number of halogens is 1. The quantitative estimate of drug-likeness (QED) is 0.630. The highest BCUT2D eigenvalue weighted by atomic mass is 35.5. The summed E-state index contributed by atoms with van der Waals surface area (Å²) >= 11 is 6.03. The Morgan fingerprint density at radius 1 is 1.06 bits per heavy atom. The third-order valence-corrected chi connectivity index (χ3v) is 3.23. The number of aromatic nitrogens is 1. The first-order valence-electron chi connectivity index (χ1n) is 5.41. The van der Waals surface area contributed by atoms with E-state index in [2.05, 4.69) is 6.07 Å². The molecule has 0 radical (unpaired) electrons. The van der Waals surface area contributed by atoms with Crippen molar-refractivity contribution >= 4 is 39.7 Å². The maximum atomic E-state index is 10.8. The van der Waals surface area contributed by atoms with Gasteiger partial charge in [0.05, 0.1) is 6.54 Å². The van der Waals surface area contributed by atoms with Crippen molar-refractivity contribution in [2.45, 2.75) is 6.54 Å². The van der Waals surface area contributed by atoms with Gasteiger partial charge in [0.25, 0.3) is 0 Å². The summed E-state index contributed by atoms with van der Waals surface area (Å²) in [6.07, 6.45) is 0.917. The van der Waals surface area contributed by atoms with Crippen LogP contribution >= 0.6 is 11.6 Å². The highest BCUT2D eigenvalue weighted by Crippen LogP contribution is 2.30. The van der Waals surface area contributed by atoms with Gasteiger partial charge in [-0.2, -0.15) is 0 Å². The van der Waals surface area contributed by atoms with Gasteiger partial charge in [-0.05, 0) is 24.3 Å². The topological polar surface area (TPSA) is 22.0 Å². The van der Waals surface area contributed by atoms with Crippen molar-refractivity contribution in [3.05, 3.63) is 47.5 Å². The fourth-order valence-electron chi connectivity index (χ4n) is 2.30. The summed E-state index contributed by atoms with van der Waals surface area (Å²) in [6.45, 7) is 0.367. The van der Waals surface area contributed by atoms with Crippen molar-refractivity contribution in [2.75, 3.05) is 0 Å². The standard InChI is InChI=1S/C14H10ClNO/c15-10-5-6-14-12(9-10)11-3-1-2-4-13(11)16(14)7-8-17/h1-6,8-9H,7H2. The zero-order valence-electron chi connectivity index (χ0n) is 9.06. The van der Waals surface area contributed by atoms with E-state index in [1.54, 1.807) is 0 Å². The minimum Gasteiger partial charge on any atom is -0.333 e. The molecular weight excluding hydrogens is 234 g/mol. The van der Waals surface area contributed by atoms with Crippen molar-refractivity contribution in [2.24, 2.45) is 0 Å². The molecule has 0 aliphatic carbocycles. The van der Waals surface area contributed by atoms with Crippen molar-refractivity contribution in [1.29, 1.82) is 0 Å². The van der Waals surface area contributed by atoms with Crippen LogP contribution in [0.3, 0.4) is 0 Å². The predicted octanol–water partition coefficient (Wildman–Crippen LogP) is 3.65. The Balaban J connectivity index is 2.52. The Labute approximate surface area is 103 Å². The zero-order chi connectivity index (χ0) is 11.8. The lowest BCUT2D eigenvalue weighted by Gasteiger charge is -2.01. The van der Waals surface area contributed by atoms with Gasteiger partial charge >= 0.3 is 0 Å². The molecule has 0 saturated heterocycles. The van der Waals surface area contributed by atoms with Crippen molar-refractivity contribution in [3.63, 3.8) is 0 Å². The third-order valence-electron chi connectivity index (χ3n) is 2.99. The number of hydrogen-bond acceptors (Lipinski definition) is 1. The van der Waals surface area contributed by atoms with Gasteiger partial charge in [-0.15, -0.1) is 0 Å². The highest BCUT2D eigenvalue weighted by molar-refractivity contribution is 6.31. The second-order valence-electron chi connectivity index (χ2n) is 3.96. The second-order valence-corrected chi connectivity index (χ2v) is 4.39. The minimum absolute atomic E-state index is 0.367. The Bertz CT molecular complexity index is 715. The lowest BCUT2D eigenvalue weighted by atomic mass is 10.2.